The molecular formula is C6H10O4. The van der Waals surface area contributed by atoms with Gasteiger partial charge in [0.15, 0.2) is 0 Å². The van der Waals surface area contributed by atoms with E-state index in [0.29, 0.717) is 0 Å². The van der Waals surface area contributed by atoms with Crippen LogP contribution in [0.5, 0.6) is 0 Å². The Morgan fingerprint density at radius 1 is 1.30 bits per heavy atom. The van der Waals surface area contributed by atoms with Gasteiger partial charge in [-0.1, -0.05) is 0 Å². The van der Waals surface area contributed by atoms with Gasteiger partial charge in [0, 0.05) is 6.42 Å². The molecule has 58 valence electrons. The molecule has 1 fully saturated rings. The summed E-state index contributed by atoms with van der Waals surface area (Å²) in [5.41, 5.74) is 0. The lowest BCUT2D eigenvalue weighted by molar-refractivity contribution is -0.0615. The molecule has 0 aromatic heterocycles. The lowest BCUT2D eigenvalue weighted by Gasteiger charge is -2.28. The van der Waals surface area contributed by atoms with E-state index in [1.54, 1.807) is 0 Å². The Morgan fingerprint density at radius 3 is 2.50 bits per heavy atom. The van der Waals surface area contributed by atoms with Crippen molar-refractivity contribution in [2.75, 3.05) is 6.61 Å². The predicted octanol–water partition coefficient (Wildman–Crippen LogP) is -1.53. The fourth-order valence-corrected chi connectivity index (χ4v) is 0.745. The Hall–Kier alpha value is -0.160. The topological polar surface area (TPSA) is 69.9 Å². The first-order valence-corrected chi connectivity index (χ1v) is 3.05. The van der Waals surface area contributed by atoms with Gasteiger partial charge >= 0.3 is 0 Å². The van der Waals surface area contributed by atoms with Gasteiger partial charge in [-0.25, -0.2) is 0 Å². The van der Waals surface area contributed by atoms with Gasteiger partial charge in [0.1, 0.15) is 12.7 Å². The highest BCUT2D eigenvalue weighted by Gasteiger charge is 2.28. The third-order valence-corrected chi connectivity index (χ3v) is 1.33. The van der Waals surface area contributed by atoms with Gasteiger partial charge in [-0.15, -0.1) is 0 Å². The van der Waals surface area contributed by atoms with E-state index in [4.69, 9.17) is 20.1 Å². The normalized spacial score (nSPS) is 41.7. The molecule has 0 spiro atoms. The van der Waals surface area contributed by atoms with Crippen LogP contribution in [0.2, 0.25) is 0 Å². The molecule has 4 nitrogen and oxygen atoms in total. The standard InChI is InChI=1S/C6H10O4/c7-2-4-1-5(8)6(9)3-10-4/h1,3-9H,2H2. The fraction of sp³-hybridized carbons (Fsp3) is 0.667. The van der Waals surface area contributed by atoms with Crippen LogP contribution in [0.15, 0.2) is 0 Å². The van der Waals surface area contributed by atoms with Crippen molar-refractivity contribution in [2.45, 2.75) is 18.3 Å². The summed E-state index contributed by atoms with van der Waals surface area (Å²) in [6.45, 7) is 0.936. The average Bonchev–Trinajstić information content (AvgIpc) is 1.95. The monoisotopic (exact) mass is 146 g/mol. The molecule has 0 bridgehead atoms. The number of rotatable bonds is 1. The van der Waals surface area contributed by atoms with E-state index in [9.17, 15) is 0 Å². The maximum atomic E-state index is 8.95. The summed E-state index contributed by atoms with van der Waals surface area (Å²) in [6.07, 6.45) is -1.03. The molecule has 4 heteroatoms. The zero-order valence-corrected chi connectivity index (χ0v) is 5.34. The van der Waals surface area contributed by atoms with Gasteiger partial charge in [0.2, 0.25) is 0 Å². The third kappa shape index (κ3) is 1.67. The molecule has 1 aliphatic heterocycles. The van der Waals surface area contributed by atoms with Gasteiger partial charge in [-0.05, 0) is 0 Å². The summed E-state index contributed by atoms with van der Waals surface area (Å²) in [6, 6.07) is 0. The zero-order valence-electron chi connectivity index (χ0n) is 5.34. The first-order valence-electron chi connectivity index (χ1n) is 3.05. The lowest BCUT2D eigenvalue weighted by atomic mass is 10.0. The number of hydrogen-bond acceptors (Lipinski definition) is 4. The van der Waals surface area contributed by atoms with Crippen LogP contribution in [0.4, 0.5) is 0 Å². The van der Waals surface area contributed by atoms with Crippen LogP contribution in [0, 0.1) is 13.0 Å². The molecule has 0 amide bonds. The lowest BCUT2D eigenvalue weighted by Crippen LogP contribution is -2.40. The van der Waals surface area contributed by atoms with Crippen molar-refractivity contribution in [3.05, 3.63) is 13.0 Å². The number of hydrogen-bond donors (Lipinski definition) is 3. The number of ether oxygens (including phenoxy) is 1. The largest absolute Gasteiger partial charge is 0.394 e. The highest BCUT2D eigenvalue weighted by molar-refractivity contribution is 4.96. The van der Waals surface area contributed by atoms with Crippen molar-refractivity contribution < 1.29 is 20.1 Å². The first-order chi connectivity index (χ1) is 4.74. The second kappa shape index (κ2) is 3.30. The summed E-state index contributed by atoms with van der Waals surface area (Å²) >= 11 is 0. The van der Waals surface area contributed by atoms with Crippen molar-refractivity contribution in [2.24, 2.45) is 0 Å². The molecule has 3 unspecified atom stereocenters. The Bertz CT molecular complexity index is 106. The minimum atomic E-state index is -0.970. The molecule has 2 radical (unpaired) electrons. The highest BCUT2D eigenvalue weighted by atomic mass is 16.5. The second-order valence-corrected chi connectivity index (χ2v) is 2.17. The predicted molar refractivity (Wildman–Crippen MR) is 32.6 cm³/mol. The minimum absolute atomic E-state index is 0.180. The second-order valence-electron chi connectivity index (χ2n) is 2.17. The minimum Gasteiger partial charge on any atom is -0.394 e. The smallest absolute Gasteiger partial charge is 0.115 e. The molecule has 0 aromatic carbocycles. The van der Waals surface area contributed by atoms with Crippen LogP contribution in [-0.2, 0) is 4.74 Å². The summed E-state index contributed by atoms with van der Waals surface area (Å²) in [5.74, 6) is 0. The molecule has 0 aromatic rings. The van der Waals surface area contributed by atoms with E-state index in [1.807, 2.05) is 0 Å². The summed E-state index contributed by atoms with van der Waals surface area (Å²) in [4.78, 5) is 0. The molecular weight excluding hydrogens is 136 g/mol. The maximum absolute atomic E-state index is 8.95. The van der Waals surface area contributed by atoms with Crippen molar-refractivity contribution in [3.8, 4) is 0 Å². The number of aliphatic hydroxyl groups is 3. The fourth-order valence-electron chi connectivity index (χ4n) is 0.745. The van der Waals surface area contributed by atoms with Gasteiger partial charge in [-0.2, -0.15) is 0 Å². The Labute approximate surface area is 59.1 Å². The molecule has 1 heterocycles. The van der Waals surface area contributed by atoms with E-state index in [0.717, 1.165) is 6.61 Å². The molecule has 0 saturated carbocycles. The molecule has 1 saturated heterocycles. The molecule has 1 rings (SSSR count). The Balaban J connectivity index is 2.33. The van der Waals surface area contributed by atoms with E-state index in [2.05, 4.69) is 0 Å². The first kappa shape index (κ1) is 7.94. The van der Waals surface area contributed by atoms with Crippen LogP contribution < -0.4 is 0 Å². The van der Waals surface area contributed by atoms with Crippen LogP contribution in [0.25, 0.3) is 0 Å². The van der Waals surface area contributed by atoms with E-state index >= 15 is 0 Å². The van der Waals surface area contributed by atoms with E-state index in [-0.39, 0.29) is 6.61 Å². The van der Waals surface area contributed by atoms with Crippen LogP contribution in [0.3, 0.4) is 0 Å². The van der Waals surface area contributed by atoms with Crippen molar-refractivity contribution in [3.63, 3.8) is 0 Å². The summed E-state index contributed by atoms with van der Waals surface area (Å²) in [5, 5.41) is 26.3. The number of aliphatic hydroxyl groups excluding tert-OH is 3. The quantitative estimate of drug-likeness (QED) is 0.419. The molecule has 3 atom stereocenters. The third-order valence-electron chi connectivity index (χ3n) is 1.33. The average molecular weight is 146 g/mol. The molecule has 10 heavy (non-hydrogen) atoms. The van der Waals surface area contributed by atoms with Gasteiger partial charge in [0.25, 0.3) is 0 Å². The summed E-state index contributed by atoms with van der Waals surface area (Å²) in [7, 11) is 0. The van der Waals surface area contributed by atoms with Gasteiger partial charge in [0.05, 0.1) is 18.8 Å². The Morgan fingerprint density at radius 2 is 2.00 bits per heavy atom. The molecule has 0 aliphatic carbocycles. The SMILES string of the molecule is OCC1[CH]C(O)C(O)[CH]O1. The van der Waals surface area contributed by atoms with Crippen LogP contribution in [-0.4, -0.2) is 40.2 Å². The van der Waals surface area contributed by atoms with E-state index < -0.39 is 18.3 Å². The van der Waals surface area contributed by atoms with Gasteiger partial charge in [-0.3, -0.25) is 0 Å². The van der Waals surface area contributed by atoms with Crippen LogP contribution >= 0.6 is 0 Å². The maximum Gasteiger partial charge on any atom is 0.115 e. The van der Waals surface area contributed by atoms with Crippen molar-refractivity contribution in [1.82, 2.24) is 0 Å². The van der Waals surface area contributed by atoms with E-state index in [1.165, 1.54) is 6.42 Å². The van der Waals surface area contributed by atoms with Crippen molar-refractivity contribution >= 4 is 0 Å². The summed E-state index contributed by atoms with van der Waals surface area (Å²) < 4.78 is 4.77. The Kier molecular flexibility index (Phi) is 2.62. The van der Waals surface area contributed by atoms with Gasteiger partial charge < -0.3 is 20.1 Å². The zero-order chi connectivity index (χ0) is 7.56. The molecule has 1 aliphatic rings. The van der Waals surface area contributed by atoms with Crippen molar-refractivity contribution in [1.29, 1.82) is 0 Å². The van der Waals surface area contributed by atoms with Crippen LogP contribution in [0.1, 0.15) is 0 Å². The highest BCUT2D eigenvalue weighted by Crippen LogP contribution is 2.15. The molecule has 3 N–H and O–H groups in total.